The Morgan fingerprint density at radius 2 is 1.43 bits per heavy atom. The van der Waals surface area contributed by atoms with Crippen molar-refractivity contribution in [1.29, 1.82) is 0 Å². The normalized spacial score (nSPS) is 14.6. The molecule has 1 saturated heterocycles. The van der Waals surface area contributed by atoms with E-state index < -0.39 is 23.3 Å². The molecule has 3 N–H and O–H groups in total. The number of nitrogens with two attached hydrogens (primary N) is 1. The predicted octanol–water partition coefficient (Wildman–Crippen LogP) is 5.12. The third-order valence-corrected chi connectivity index (χ3v) is 7.18. The number of hydrogen-bond donors (Lipinski definition) is 2. The van der Waals surface area contributed by atoms with E-state index in [0.29, 0.717) is 0 Å². The maximum atomic E-state index is 13.4. The number of piperazine rings is 1. The lowest BCUT2D eigenvalue weighted by molar-refractivity contribution is -0.137. The molecular weight excluding hydrogens is 550 g/mol. The molecule has 2 aromatic carbocycles. The second-order valence-corrected chi connectivity index (χ2v) is 10.2. The Hall–Kier alpha value is -3.92. The molecule has 0 aliphatic carbocycles. The van der Waals surface area contributed by atoms with Crippen LogP contribution in [-0.4, -0.2) is 41.5 Å². The van der Waals surface area contributed by atoms with E-state index in [9.17, 15) is 26.7 Å². The molecule has 1 fully saturated rings. The Bertz CT molecular complexity index is 1510. The molecule has 1 aliphatic rings. The summed E-state index contributed by atoms with van der Waals surface area (Å²) < 4.78 is 67.1. The Morgan fingerprint density at radius 3 is 1.95 bits per heavy atom. The van der Waals surface area contributed by atoms with Crippen molar-refractivity contribution >= 4 is 38.0 Å². The maximum absolute atomic E-state index is 13.4. The molecule has 2 aromatic heterocycles. The molecule has 0 saturated carbocycles. The van der Waals surface area contributed by atoms with E-state index in [1.54, 1.807) is 21.4 Å². The van der Waals surface area contributed by atoms with Crippen molar-refractivity contribution in [3.63, 3.8) is 0 Å². The summed E-state index contributed by atoms with van der Waals surface area (Å²) in [4.78, 5) is 21.1. The van der Waals surface area contributed by atoms with Crippen molar-refractivity contribution in [1.82, 2.24) is 14.7 Å². The number of rotatable bonds is 6. The van der Waals surface area contributed by atoms with Gasteiger partial charge in [0.15, 0.2) is 11.5 Å². The third-order valence-electron chi connectivity index (χ3n) is 6.85. The van der Waals surface area contributed by atoms with Crippen LogP contribution in [0.25, 0.3) is 5.65 Å². The average Bonchev–Trinajstić information content (AvgIpc) is 3.26. The van der Waals surface area contributed by atoms with Crippen LogP contribution < -0.4 is 20.9 Å². The van der Waals surface area contributed by atoms with E-state index in [1.807, 2.05) is 24.3 Å². The van der Waals surface area contributed by atoms with Crippen LogP contribution in [0.4, 0.5) is 39.1 Å². The summed E-state index contributed by atoms with van der Waals surface area (Å²) in [6.07, 6.45) is -3.41. The molecule has 0 radical (unpaired) electrons. The molecule has 4 aromatic rings. The summed E-state index contributed by atoms with van der Waals surface area (Å²) in [5.74, 6) is -0.719. The number of benzene rings is 2. The van der Waals surface area contributed by atoms with Gasteiger partial charge in [0.2, 0.25) is 0 Å². The topological polar surface area (TPSA) is 78.9 Å². The van der Waals surface area contributed by atoms with Crippen molar-refractivity contribution in [2.75, 3.05) is 41.7 Å². The number of nitrogens with one attached hydrogen (secondary N) is 1. The standard InChI is InChI=1S/C27H26F5N6OP/c28-26(29,30)19-9-10-38-22(15-19)35-24(33)23(38)25(39)34-16-17-1-5-20(6-2-17)36-11-13-37(14-12-36)21-7-3-18(4-8-21)27(31,32)40/h1-10,15H,11-14,16,33,40H2,(H,34,39). The van der Waals surface area contributed by atoms with Crippen LogP contribution >= 0.6 is 9.24 Å². The number of fused-ring (bicyclic) bond motifs is 1. The van der Waals surface area contributed by atoms with Gasteiger partial charge in [0.05, 0.1) is 5.56 Å². The van der Waals surface area contributed by atoms with Crippen LogP contribution in [-0.2, 0) is 18.4 Å². The molecule has 210 valence electrons. The smallest absolute Gasteiger partial charge is 0.382 e. The van der Waals surface area contributed by atoms with Crippen molar-refractivity contribution < 1.29 is 26.7 Å². The minimum atomic E-state index is -4.53. The van der Waals surface area contributed by atoms with Gasteiger partial charge in [-0.1, -0.05) is 33.5 Å². The number of imidazole rings is 1. The first kappa shape index (κ1) is 27.6. The van der Waals surface area contributed by atoms with Gasteiger partial charge in [-0.15, -0.1) is 0 Å². The summed E-state index contributed by atoms with van der Waals surface area (Å²) >= 11 is 0. The number of nitrogen functional groups attached to an aromatic ring is 1. The van der Waals surface area contributed by atoms with Crippen LogP contribution in [0.1, 0.15) is 27.2 Å². The number of amides is 1. The van der Waals surface area contributed by atoms with Crippen LogP contribution in [0.2, 0.25) is 0 Å². The molecule has 3 heterocycles. The van der Waals surface area contributed by atoms with E-state index in [4.69, 9.17) is 5.73 Å². The molecule has 0 spiro atoms. The quantitative estimate of drug-likeness (QED) is 0.246. The summed E-state index contributed by atoms with van der Waals surface area (Å²) in [7, 11) is 1.55. The molecule has 1 atom stereocenters. The zero-order chi connectivity index (χ0) is 28.7. The highest BCUT2D eigenvalue weighted by molar-refractivity contribution is 7.17. The first-order chi connectivity index (χ1) is 18.9. The second kappa shape index (κ2) is 10.6. The number of carbonyl (C=O) groups excluding carboxylic acids is 1. The lowest BCUT2D eigenvalue weighted by atomic mass is 10.1. The van der Waals surface area contributed by atoms with Gasteiger partial charge in [-0.25, -0.2) is 4.98 Å². The first-order valence-electron chi connectivity index (χ1n) is 12.4. The summed E-state index contributed by atoms with van der Waals surface area (Å²) in [5.41, 5.74) is 4.61. The second-order valence-electron chi connectivity index (χ2n) is 9.48. The van der Waals surface area contributed by atoms with Gasteiger partial charge in [-0.05, 0) is 42.0 Å². The summed E-state index contributed by atoms with van der Waals surface area (Å²) in [6.45, 7) is 3.16. The van der Waals surface area contributed by atoms with Crippen molar-refractivity contribution in [2.24, 2.45) is 0 Å². The summed E-state index contributed by atoms with van der Waals surface area (Å²) in [6, 6.07) is 15.7. The lowest BCUT2D eigenvalue weighted by Gasteiger charge is -2.37. The Morgan fingerprint density at radius 1 is 0.875 bits per heavy atom. The monoisotopic (exact) mass is 576 g/mol. The van der Waals surface area contributed by atoms with Crippen LogP contribution in [0, 0.1) is 0 Å². The van der Waals surface area contributed by atoms with Gasteiger partial charge in [0.1, 0.15) is 5.65 Å². The highest BCUT2D eigenvalue weighted by atomic mass is 31.0. The zero-order valence-electron chi connectivity index (χ0n) is 21.1. The van der Waals surface area contributed by atoms with Gasteiger partial charge >= 0.3 is 6.18 Å². The van der Waals surface area contributed by atoms with E-state index in [0.717, 1.165) is 61.4 Å². The van der Waals surface area contributed by atoms with Crippen LogP contribution in [0.15, 0.2) is 66.9 Å². The predicted molar refractivity (Wildman–Crippen MR) is 147 cm³/mol. The highest BCUT2D eigenvalue weighted by Crippen LogP contribution is 2.35. The largest absolute Gasteiger partial charge is 0.416 e. The molecule has 7 nitrogen and oxygen atoms in total. The number of hydrogen-bond acceptors (Lipinski definition) is 5. The number of carbonyl (C=O) groups is 1. The number of pyridine rings is 1. The maximum Gasteiger partial charge on any atom is 0.416 e. The molecule has 0 bridgehead atoms. The third kappa shape index (κ3) is 5.82. The minimum absolute atomic E-state index is 0.0323. The average molecular weight is 577 g/mol. The summed E-state index contributed by atoms with van der Waals surface area (Å²) in [5, 5.41) is 2.74. The zero-order valence-corrected chi connectivity index (χ0v) is 22.3. The van der Waals surface area contributed by atoms with Gasteiger partial charge in [0, 0.05) is 55.9 Å². The molecule has 13 heteroatoms. The van der Waals surface area contributed by atoms with Gasteiger partial charge in [-0.2, -0.15) is 22.0 Å². The van der Waals surface area contributed by atoms with Crippen molar-refractivity contribution in [2.45, 2.75) is 18.4 Å². The van der Waals surface area contributed by atoms with E-state index in [2.05, 4.69) is 20.1 Å². The molecule has 1 unspecified atom stereocenters. The van der Waals surface area contributed by atoms with Gasteiger partial charge in [-0.3, -0.25) is 9.20 Å². The Labute approximate surface area is 229 Å². The number of anilines is 3. The number of aromatic nitrogens is 2. The molecule has 40 heavy (non-hydrogen) atoms. The minimum Gasteiger partial charge on any atom is -0.382 e. The lowest BCUT2D eigenvalue weighted by Crippen LogP contribution is -2.46. The fourth-order valence-corrected chi connectivity index (χ4v) is 4.87. The molecule has 1 aliphatic heterocycles. The van der Waals surface area contributed by atoms with E-state index in [1.165, 1.54) is 16.5 Å². The fourth-order valence-electron chi connectivity index (χ4n) is 4.67. The van der Waals surface area contributed by atoms with E-state index >= 15 is 0 Å². The van der Waals surface area contributed by atoms with Crippen molar-refractivity contribution in [3.8, 4) is 0 Å². The van der Waals surface area contributed by atoms with Crippen LogP contribution in [0.5, 0.6) is 0 Å². The molecular formula is C27H26F5N6OP. The number of nitrogens with zero attached hydrogens (tertiary/aromatic N) is 4. The van der Waals surface area contributed by atoms with Gasteiger partial charge in [0.25, 0.3) is 11.6 Å². The SMILES string of the molecule is Nc1nc2cc(C(F)(F)F)ccn2c1C(=O)NCc1ccc(N2CCN(c3ccc(C(F)(F)P)cc3)CC2)cc1. The van der Waals surface area contributed by atoms with Crippen molar-refractivity contribution in [3.05, 3.63) is 89.2 Å². The molecule has 5 rings (SSSR count). The number of halogens is 5. The number of alkyl halides is 5. The Balaban J connectivity index is 1.17. The fraction of sp³-hybridized carbons (Fsp3) is 0.259. The van der Waals surface area contributed by atoms with Gasteiger partial charge < -0.3 is 20.9 Å². The molecule has 1 amide bonds. The first-order valence-corrected chi connectivity index (χ1v) is 13.0. The van der Waals surface area contributed by atoms with E-state index in [-0.39, 0.29) is 29.3 Å². The highest BCUT2D eigenvalue weighted by Gasteiger charge is 2.31. The Kier molecular flexibility index (Phi) is 7.31. The van der Waals surface area contributed by atoms with Crippen LogP contribution in [0.3, 0.4) is 0 Å².